The van der Waals surface area contributed by atoms with Crippen molar-refractivity contribution in [2.24, 2.45) is 0 Å². The number of benzene rings is 2. The van der Waals surface area contributed by atoms with E-state index in [0.29, 0.717) is 5.69 Å². The predicted molar refractivity (Wildman–Crippen MR) is 84.9 cm³/mol. The van der Waals surface area contributed by atoms with Crippen molar-refractivity contribution in [3.63, 3.8) is 0 Å². The molecule has 2 aromatic carbocycles. The molecule has 3 N–H and O–H groups in total. The highest BCUT2D eigenvalue weighted by molar-refractivity contribution is 7.80. The Morgan fingerprint density at radius 2 is 1.86 bits per heavy atom. The standard InChI is InChI=1S/C14H11N3O4S/c18-12-6-4-10(5-7-12)15-14(22)16-13(19)9-2-1-3-11(8-9)17(20)21/h1-8,18H,(H2,15,16,19,22). The Labute approximate surface area is 130 Å². The summed E-state index contributed by atoms with van der Waals surface area (Å²) in [7, 11) is 0. The lowest BCUT2D eigenvalue weighted by Crippen LogP contribution is -2.34. The molecule has 0 spiro atoms. The number of thiocarbonyl (C=S) groups is 1. The van der Waals surface area contributed by atoms with Crippen LogP contribution in [0.4, 0.5) is 11.4 Å². The summed E-state index contributed by atoms with van der Waals surface area (Å²) in [5, 5.41) is 25.1. The van der Waals surface area contributed by atoms with Gasteiger partial charge in [0, 0.05) is 23.4 Å². The van der Waals surface area contributed by atoms with Crippen molar-refractivity contribution in [2.45, 2.75) is 0 Å². The summed E-state index contributed by atoms with van der Waals surface area (Å²) in [6.45, 7) is 0. The number of nitrogens with one attached hydrogen (secondary N) is 2. The fourth-order valence-corrected chi connectivity index (χ4v) is 1.85. The second kappa shape index (κ2) is 6.64. The number of amides is 1. The largest absolute Gasteiger partial charge is 0.508 e. The topological polar surface area (TPSA) is 104 Å². The van der Waals surface area contributed by atoms with Gasteiger partial charge in [-0.05, 0) is 42.5 Å². The number of hydrogen-bond acceptors (Lipinski definition) is 5. The molecule has 0 bridgehead atoms. The second-order valence-electron chi connectivity index (χ2n) is 4.26. The minimum Gasteiger partial charge on any atom is -0.508 e. The van der Waals surface area contributed by atoms with Crippen molar-refractivity contribution in [1.82, 2.24) is 5.32 Å². The van der Waals surface area contributed by atoms with Crippen LogP contribution < -0.4 is 10.6 Å². The first kappa shape index (κ1) is 15.4. The summed E-state index contributed by atoms with van der Waals surface area (Å²) in [5.41, 5.74) is 0.538. The Bertz CT molecular complexity index is 731. The fraction of sp³-hybridized carbons (Fsp3) is 0. The highest BCUT2D eigenvalue weighted by Crippen LogP contribution is 2.14. The van der Waals surface area contributed by atoms with E-state index in [-0.39, 0.29) is 22.1 Å². The average Bonchev–Trinajstić information content (AvgIpc) is 2.49. The molecule has 0 atom stereocenters. The molecule has 2 aromatic rings. The molecule has 1 amide bonds. The average molecular weight is 317 g/mol. The number of nitrogens with zero attached hydrogens (tertiary/aromatic N) is 1. The molecule has 7 nitrogen and oxygen atoms in total. The Kier molecular flexibility index (Phi) is 4.64. The van der Waals surface area contributed by atoms with E-state index in [9.17, 15) is 20.0 Å². The maximum absolute atomic E-state index is 12.0. The maximum atomic E-state index is 12.0. The third kappa shape index (κ3) is 4.00. The molecule has 0 saturated carbocycles. The Hall–Kier alpha value is -3.00. The monoisotopic (exact) mass is 317 g/mol. The van der Waals surface area contributed by atoms with Gasteiger partial charge >= 0.3 is 0 Å². The van der Waals surface area contributed by atoms with Gasteiger partial charge in [-0.1, -0.05) is 6.07 Å². The maximum Gasteiger partial charge on any atom is 0.270 e. The molecule has 112 valence electrons. The highest BCUT2D eigenvalue weighted by atomic mass is 32.1. The zero-order valence-electron chi connectivity index (χ0n) is 11.1. The minimum atomic E-state index is -0.580. The fourth-order valence-electron chi connectivity index (χ4n) is 1.64. The number of phenols is 1. The van der Waals surface area contributed by atoms with Gasteiger partial charge in [0.05, 0.1) is 4.92 Å². The van der Waals surface area contributed by atoms with Crippen molar-refractivity contribution in [2.75, 3.05) is 5.32 Å². The number of carbonyl (C=O) groups is 1. The highest BCUT2D eigenvalue weighted by Gasteiger charge is 2.12. The number of rotatable bonds is 3. The van der Waals surface area contributed by atoms with Crippen molar-refractivity contribution in [3.8, 4) is 5.75 Å². The van der Waals surface area contributed by atoms with Crippen LogP contribution in [0, 0.1) is 10.1 Å². The summed E-state index contributed by atoms with van der Waals surface area (Å²) in [6, 6.07) is 11.4. The Morgan fingerprint density at radius 1 is 1.18 bits per heavy atom. The smallest absolute Gasteiger partial charge is 0.270 e. The Balaban J connectivity index is 2.02. The number of non-ortho nitro benzene ring substituents is 1. The van der Waals surface area contributed by atoms with Gasteiger partial charge in [-0.25, -0.2) is 0 Å². The lowest BCUT2D eigenvalue weighted by molar-refractivity contribution is -0.384. The van der Waals surface area contributed by atoms with E-state index in [1.807, 2.05) is 0 Å². The van der Waals surface area contributed by atoms with Crippen LogP contribution in [-0.4, -0.2) is 21.0 Å². The molecule has 0 aliphatic rings. The number of hydrogen-bond donors (Lipinski definition) is 3. The van der Waals surface area contributed by atoms with Crippen LogP contribution in [0.15, 0.2) is 48.5 Å². The lowest BCUT2D eigenvalue weighted by atomic mass is 10.2. The van der Waals surface area contributed by atoms with E-state index in [4.69, 9.17) is 12.2 Å². The molecule has 0 aromatic heterocycles. The molecule has 0 unspecified atom stereocenters. The van der Waals surface area contributed by atoms with E-state index in [0.717, 1.165) is 0 Å². The summed E-state index contributed by atoms with van der Waals surface area (Å²) in [5.74, 6) is -0.447. The lowest BCUT2D eigenvalue weighted by Gasteiger charge is -2.09. The summed E-state index contributed by atoms with van der Waals surface area (Å²) in [6.07, 6.45) is 0. The summed E-state index contributed by atoms with van der Waals surface area (Å²) < 4.78 is 0. The molecule has 0 radical (unpaired) electrons. The van der Waals surface area contributed by atoms with Crippen LogP contribution >= 0.6 is 12.2 Å². The van der Waals surface area contributed by atoms with Crippen molar-refractivity contribution >= 4 is 34.6 Å². The van der Waals surface area contributed by atoms with E-state index >= 15 is 0 Å². The summed E-state index contributed by atoms with van der Waals surface area (Å²) in [4.78, 5) is 22.1. The quantitative estimate of drug-likeness (QED) is 0.347. The Morgan fingerprint density at radius 3 is 2.50 bits per heavy atom. The van der Waals surface area contributed by atoms with Gasteiger partial charge in [0.2, 0.25) is 0 Å². The summed E-state index contributed by atoms with van der Waals surface area (Å²) >= 11 is 4.99. The minimum absolute atomic E-state index is 0.0437. The zero-order chi connectivity index (χ0) is 16.1. The molecule has 0 heterocycles. The van der Waals surface area contributed by atoms with Gasteiger partial charge in [0.1, 0.15) is 5.75 Å². The number of phenolic OH excluding ortho intramolecular Hbond substituents is 1. The van der Waals surface area contributed by atoms with Crippen LogP contribution in [0.3, 0.4) is 0 Å². The van der Waals surface area contributed by atoms with E-state index < -0.39 is 10.8 Å². The number of anilines is 1. The number of nitro benzene ring substituents is 1. The molecular weight excluding hydrogens is 306 g/mol. The van der Waals surface area contributed by atoms with Crippen molar-refractivity contribution in [1.29, 1.82) is 0 Å². The molecule has 0 aliphatic heterocycles. The first-order valence-corrected chi connectivity index (χ1v) is 6.52. The molecule has 0 saturated heterocycles. The normalized spacial score (nSPS) is 9.82. The molecule has 2 rings (SSSR count). The third-order valence-electron chi connectivity index (χ3n) is 2.67. The first-order valence-electron chi connectivity index (χ1n) is 6.11. The van der Waals surface area contributed by atoms with Crippen molar-refractivity contribution in [3.05, 3.63) is 64.2 Å². The van der Waals surface area contributed by atoms with Crippen LogP contribution in [0.1, 0.15) is 10.4 Å². The zero-order valence-corrected chi connectivity index (χ0v) is 12.0. The van der Waals surface area contributed by atoms with Crippen LogP contribution in [0.5, 0.6) is 5.75 Å². The van der Waals surface area contributed by atoms with Gasteiger partial charge in [0.25, 0.3) is 11.6 Å². The van der Waals surface area contributed by atoms with E-state index in [1.165, 1.54) is 36.4 Å². The van der Waals surface area contributed by atoms with Crippen LogP contribution in [0.25, 0.3) is 0 Å². The number of nitro groups is 1. The molecular formula is C14H11N3O4S. The van der Waals surface area contributed by atoms with Crippen LogP contribution in [-0.2, 0) is 0 Å². The first-order chi connectivity index (χ1) is 10.5. The van der Waals surface area contributed by atoms with E-state index in [1.54, 1.807) is 12.1 Å². The molecule has 0 fully saturated rings. The molecule has 0 aliphatic carbocycles. The number of carbonyl (C=O) groups excluding carboxylic acids is 1. The van der Waals surface area contributed by atoms with Gasteiger partial charge < -0.3 is 10.4 Å². The predicted octanol–water partition coefficient (Wildman–Crippen LogP) is 2.43. The molecule has 22 heavy (non-hydrogen) atoms. The third-order valence-corrected chi connectivity index (χ3v) is 2.88. The van der Waals surface area contributed by atoms with Crippen molar-refractivity contribution < 1.29 is 14.8 Å². The van der Waals surface area contributed by atoms with Crippen LogP contribution in [0.2, 0.25) is 0 Å². The molecule has 8 heteroatoms. The van der Waals surface area contributed by atoms with Gasteiger partial charge in [-0.2, -0.15) is 0 Å². The van der Waals surface area contributed by atoms with Gasteiger partial charge in [0.15, 0.2) is 5.11 Å². The second-order valence-corrected chi connectivity index (χ2v) is 4.67. The van der Waals surface area contributed by atoms with E-state index in [2.05, 4.69) is 10.6 Å². The SMILES string of the molecule is O=C(NC(=S)Nc1ccc(O)cc1)c1cccc([N+](=O)[O-])c1. The van der Waals surface area contributed by atoms with Gasteiger partial charge in [-0.15, -0.1) is 0 Å². The number of aromatic hydroxyl groups is 1. The van der Waals surface area contributed by atoms with Gasteiger partial charge in [-0.3, -0.25) is 20.2 Å².